The second-order valence-electron chi connectivity index (χ2n) is 9.65. The number of rotatable bonds is 9. The van der Waals surface area contributed by atoms with Crippen molar-refractivity contribution in [2.24, 2.45) is 0 Å². The predicted molar refractivity (Wildman–Crippen MR) is 146 cm³/mol. The van der Waals surface area contributed by atoms with E-state index in [0.717, 1.165) is 24.8 Å². The van der Waals surface area contributed by atoms with E-state index in [1.165, 1.54) is 35.7 Å². The molecule has 1 amide bonds. The minimum absolute atomic E-state index is 0.0605. The minimum atomic E-state index is -0.371. The van der Waals surface area contributed by atoms with E-state index in [1.54, 1.807) is 16.7 Å². The zero-order valence-electron chi connectivity index (χ0n) is 21.4. The molecule has 3 aromatic rings. The van der Waals surface area contributed by atoms with Gasteiger partial charge in [-0.05, 0) is 57.1 Å². The van der Waals surface area contributed by atoms with E-state index in [0.29, 0.717) is 47.1 Å². The van der Waals surface area contributed by atoms with Gasteiger partial charge in [-0.1, -0.05) is 60.2 Å². The molecule has 0 bridgehead atoms. The Labute approximate surface area is 221 Å². The number of benzene rings is 2. The number of hydrogen-bond donors (Lipinski definition) is 1. The third-order valence-electron chi connectivity index (χ3n) is 6.95. The molecule has 194 valence electrons. The molecule has 0 fully saturated rings. The van der Waals surface area contributed by atoms with Gasteiger partial charge in [0.05, 0.1) is 16.2 Å². The van der Waals surface area contributed by atoms with E-state index < -0.39 is 0 Å². The fourth-order valence-corrected chi connectivity index (χ4v) is 5.79. The van der Waals surface area contributed by atoms with Crippen LogP contribution < -0.4 is 20.3 Å². The topological polar surface area (TPSA) is 82.5 Å². The zero-order valence-corrected chi connectivity index (χ0v) is 22.2. The van der Waals surface area contributed by atoms with Gasteiger partial charge in [-0.3, -0.25) is 14.2 Å². The van der Waals surface area contributed by atoms with Crippen molar-refractivity contribution in [3.05, 3.63) is 69.5 Å². The van der Waals surface area contributed by atoms with E-state index in [4.69, 9.17) is 14.5 Å². The number of carbonyl (C=O) groups is 1. The quantitative estimate of drug-likeness (QED) is 0.228. The molecule has 2 aromatic carbocycles. The summed E-state index contributed by atoms with van der Waals surface area (Å²) in [4.78, 5) is 31.7. The fourth-order valence-electron chi connectivity index (χ4n) is 4.72. The van der Waals surface area contributed by atoms with Crippen LogP contribution in [0.3, 0.4) is 0 Å². The summed E-state index contributed by atoms with van der Waals surface area (Å²) in [5.41, 5.74) is 4.07. The summed E-state index contributed by atoms with van der Waals surface area (Å²) >= 11 is 1.36. The van der Waals surface area contributed by atoms with Crippen molar-refractivity contribution in [1.29, 1.82) is 0 Å². The Morgan fingerprint density at radius 3 is 2.68 bits per heavy atom. The van der Waals surface area contributed by atoms with E-state index in [-0.39, 0.29) is 23.5 Å². The van der Waals surface area contributed by atoms with Gasteiger partial charge >= 0.3 is 0 Å². The lowest BCUT2D eigenvalue weighted by molar-refractivity contribution is -0.120. The van der Waals surface area contributed by atoms with Crippen LogP contribution in [0, 0.1) is 6.92 Å². The number of nitrogens with zero attached hydrogens (tertiary/aromatic N) is 2. The Morgan fingerprint density at radius 1 is 1.16 bits per heavy atom. The van der Waals surface area contributed by atoms with Crippen molar-refractivity contribution >= 4 is 28.6 Å². The maximum atomic E-state index is 13.7. The van der Waals surface area contributed by atoms with Gasteiger partial charge in [-0.2, -0.15) is 0 Å². The normalized spacial score (nSPS) is 15.5. The van der Waals surface area contributed by atoms with E-state index in [1.807, 2.05) is 38.1 Å². The van der Waals surface area contributed by atoms with Crippen LogP contribution in [0.5, 0.6) is 11.5 Å². The SMILES string of the molecule is CC[C@@H](Sc1nc2cc3c(cc2c(=O)n1CCC1=CCCCC1)OCO3)C(=O)NCc1ccc(C)cc1. The highest BCUT2D eigenvalue weighted by Crippen LogP contribution is 2.35. The Balaban J connectivity index is 1.42. The first-order chi connectivity index (χ1) is 18.0. The predicted octanol–water partition coefficient (Wildman–Crippen LogP) is 5.51. The van der Waals surface area contributed by atoms with Gasteiger partial charge in [0, 0.05) is 19.2 Å². The van der Waals surface area contributed by atoms with Gasteiger partial charge in [-0.25, -0.2) is 4.98 Å². The number of aromatic nitrogens is 2. The number of carbonyl (C=O) groups excluding carboxylic acids is 1. The Morgan fingerprint density at radius 2 is 1.95 bits per heavy atom. The first-order valence-electron chi connectivity index (χ1n) is 13.0. The average molecular weight is 520 g/mol. The fraction of sp³-hybridized carbons (Fsp3) is 0.414. The van der Waals surface area contributed by atoms with Gasteiger partial charge < -0.3 is 14.8 Å². The summed E-state index contributed by atoms with van der Waals surface area (Å²) in [6.45, 7) is 5.16. The van der Waals surface area contributed by atoms with Crippen LogP contribution in [0.2, 0.25) is 0 Å². The van der Waals surface area contributed by atoms with Crippen molar-refractivity contribution < 1.29 is 14.3 Å². The summed E-state index contributed by atoms with van der Waals surface area (Å²) < 4.78 is 12.8. The zero-order chi connectivity index (χ0) is 25.8. The molecule has 0 unspecified atom stereocenters. The smallest absolute Gasteiger partial charge is 0.262 e. The van der Waals surface area contributed by atoms with Crippen LogP contribution in [0.15, 0.2) is 58.0 Å². The van der Waals surface area contributed by atoms with E-state index in [9.17, 15) is 9.59 Å². The maximum absolute atomic E-state index is 13.7. The summed E-state index contributed by atoms with van der Waals surface area (Å²) in [6, 6.07) is 11.6. The van der Waals surface area contributed by atoms with Crippen LogP contribution in [0.25, 0.3) is 10.9 Å². The molecule has 0 saturated heterocycles. The molecule has 8 heteroatoms. The molecule has 1 aliphatic carbocycles. The largest absolute Gasteiger partial charge is 0.454 e. The first kappa shape index (κ1) is 25.4. The molecule has 5 rings (SSSR count). The minimum Gasteiger partial charge on any atom is -0.454 e. The summed E-state index contributed by atoms with van der Waals surface area (Å²) in [7, 11) is 0. The number of ether oxygens (including phenoxy) is 2. The van der Waals surface area contributed by atoms with Gasteiger partial charge in [0.1, 0.15) is 0 Å². The molecule has 1 aromatic heterocycles. The number of allylic oxidation sites excluding steroid dienone is 2. The number of nitrogens with one attached hydrogen (secondary N) is 1. The standard InChI is InChI=1S/C29H33N3O4S/c1-3-26(27(33)30-17-21-11-9-19(2)10-12-21)37-29-31-23-16-25-24(35-18-36-25)15-22(23)28(34)32(29)14-13-20-7-5-4-6-8-20/h7,9-12,15-16,26H,3-6,8,13-14,17-18H2,1-2H3,(H,30,33)/t26-/m1/s1. The molecule has 1 atom stereocenters. The lowest BCUT2D eigenvalue weighted by Crippen LogP contribution is -2.33. The monoisotopic (exact) mass is 519 g/mol. The highest BCUT2D eigenvalue weighted by atomic mass is 32.2. The highest BCUT2D eigenvalue weighted by Gasteiger charge is 2.24. The van der Waals surface area contributed by atoms with Crippen LogP contribution in [-0.4, -0.2) is 27.5 Å². The van der Waals surface area contributed by atoms with Gasteiger partial charge in [0.2, 0.25) is 12.7 Å². The van der Waals surface area contributed by atoms with Crippen molar-refractivity contribution in [1.82, 2.24) is 14.9 Å². The third kappa shape index (κ3) is 5.85. The molecule has 1 aliphatic heterocycles. The van der Waals surface area contributed by atoms with Gasteiger partial charge in [-0.15, -0.1) is 0 Å². The molecule has 0 radical (unpaired) electrons. The van der Waals surface area contributed by atoms with Gasteiger partial charge in [0.15, 0.2) is 16.7 Å². The number of hydrogen-bond acceptors (Lipinski definition) is 6. The van der Waals surface area contributed by atoms with Crippen LogP contribution in [-0.2, 0) is 17.9 Å². The van der Waals surface area contributed by atoms with Crippen LogP contribution >= 0.6 is 11.8 Å². The molecule has 2 aliphatic rings. The maximum Gasteiger partial charge on any atom is 0.262 e. The highest BCUT2D eigenvalue weighted by molar-refractivity contribution is 8.00. The average Bonchev–Trinajstić information content (AvgIpc) is 3.38. The number of thioether (sulfide) groups is 1. The summed E-state index contributed by atoms with van der Waals surface area (Å²) in [5, 5.41) is 3.75. The lowest BCUT2D eigenvalue weighted by Gasteiger charge is -2.19. The molecule has 2 heterocycles. The molecule has 0 saturated carbocycles. The number of aryl methyl sites for hydroxylation is 1. The molecule has 1 N–H and O–H groups in total. The number of fused-ring (bicyclic) bond motifs is 2. The molecular weight excluding hydrogens is 486 g/mol. The van der Waals surface area contributed by atoms with Crippen LogP contribution in [0.1, 0.15) is 56.6 Å². The molecule has 0 spiro atoms. The van der Waals surface area contributed by atoms with E-state index >= 15 is 0 Å². The second-order valence-corrected chi connectivity index (χ2v) is 10.8. The first-order valence-corrected chi connectivity index (χ1v) is 13.9. The van der Waals surface area contributed by atoms with Crippen molar-refractivity contribution in [3.63, 3.8) is 0 Å². The van der Waals surface area contributed by atoms with Crippen LogP contribution in [0.4, 0.5) is 0 Å². The summed E-state index contributed by atoms with van der Waals surface area (Å²) in [5.74, 6) is 1.09. The summed E-state index contributed by atoms with van der Waals surface area (Å²) in [6.07, 6.45) is 8.33. The van der Waals surface area contributed by atoms with E-state index in [2.05, 4.69) is 11.4 Å². The Kier molecular flexibility index (Phi) is 7.84. The molecule has 7 nitrogen and oxygen atoms in total. The van der Waals surface area contributed by atoms with Crippen molar-refractivity contribution in [2.45, 2.75) is 75.9 Å². The lowest BCUT2D eigenvalue weighted by atomic mass is 9.97. The molecule has 37 heavy (non-hydrogen) atoms. The number of amides is 1. The second kappa shape index (κ2) is 11.4. The van der Waals surface area contributed by atoms with Crippen molar-refractivity contribution in [3.8, 4) is 11.5 Å². The Bertz CT molecular complexity index is 1380. The Hall–Kier alpha value is -3.26. The van der Waals surface area contributed by atoms with Gasteiger partial charge in [0.25, 0.3) is 5.56 Å². The van der Waals surface area contributed by atoms with Crippen molar-refractivity contribution in [2.75, 3.05) is 6.79 Å². The third-order valence-corrected chi connectivity index (χ3v) is 8.31. The molecular formula is C29H33N3O4S.